The Kier molecular flexibility index (Phi) is 4.81. The molecule has 0 spiro atoms. The SMILES string of the molecule is c1ccc(-n2c3ccc(-n4c5ccccc5c5ccccc54)c4ccc5c(-n6c7ccccc7c7ccccc76)ccc2c5c43)nc1. The molecule has 0 atom stereocenters. The number of benzene rings is 7. The van der Waals surface area contributed by atoms with Gasteiger partial charge in [-0.15, -0.1) is 0 Å². The topological polar surface area (TPSA) is 27.7 Å². The van der Waals surface area contributed by atoms with E-state index in [1.807, 2.05) is 12.3 Å². The van der Waals surface area contributed by atoms with Gasteiger partial charge < -0.3 is 9.13 Å². The standard InChI is InChI=1S/C43H26N4/c1-5-15-33-27(11-1)28-12-2-6-16-34(28)45(33)37-22-24-39-42-31(37)20-21-32-38(23-25-40(43(32)42)47(39)41-19-9-10-26-44-41)46-35-17-7-3-13-29(35)30-14-4-8-18-36(30)46/h1-26H. The molecule has 47 heavy (non-hydrogen) atoms. The third kappa shape index (κ3) is 3.19. The molecule has 4 heterocycles. The van der Waals surface area contributed by atoms with E-state index >= 15 is 0 Å². The lowest BCUT2D eigenvalue weighted by molar-refractivity contribution is 1.08. The normalized spacial score (nSPS) is 12.3. The number of rotatable bonds is 3. The van der Waals surface area contributed by atoms with Gasteiger partial charge in [-0.2, -0.15) is 0 Å². The van der Waals surface area contributed by atoms with Crippen molar-refractivity contribution in [2.75, 3.05) is 0 Å². The number of hydrogen-bond acceptors (Lipinski definition) is 1. The van der Waals surface area contributed by atoms with Gasteiger partial charge in [0.25, 0.3) is 0 Å². The number of fused-ring (bicyclic) bond motifs is 6. The van der Waals surface area contributed by atoms with E-state index in [-0.39, 0.29) is 0 Å². The Morgan fingerprint density at radius 2 is 0.702 bits per heavy atom. The van der Waals surface area contributed by atoms with Gasteiger partial charge in [0, 0.05) is 49.3 Å². The summed E-state index contributed by atoms with van der Waals surface area (Å²) in [7, 11) is 0. The van der Waals surface area contributed by atoms with Gasteiger partial charge >= 0.3 is 0 Å². The van der Waals surface area contributed by atoms with Gasteiger partial charge in [0.15, 0.2) is 0 Å². The van der Waals surface area contributed by atoms with Crippen molar-refractivity contribution in [2.24, 2.45) is 0 Å². The fourth-order valence-corrected chi connectivity index (χ4v) is 8.21. The van der Waals surface area contributed by atoms with Gasteiger partial charge in [-0.3, -0.25) is 4.57 Å². The van der Waals surface area contributed by atoms with Crippen molar-refractivity contribution in [3.8, 4) is 17.2 Å². The van der Waals surface area contributed by atoms with Gasteiger partial charge in [-0.05, 0) is 60.7 Å². The molecule has 0 bridgehead atoms. The summed E-state index contributed by atoms with van der Waals surface area (Å²) in [6.45, 7) is 0. The molecular weight excluding hydrogens is 573 g/mol. The number of pyridine rings is 1. The molecule has 218 valence electrons. The minimum atomic E-state index is 0.917. The Morgan fingerprint density at radius 1 is 0.298 bits per heavy atom. The molecule has 0 radical (unpaired) electrons. The third-order valence-electron chi connectivity index (χ3n) is 10.1. The lowest BCUT2D eigenvalue weighted by Gasteiger charge is -2.15. The van der Waals surface area contributed by atoms with Gasteiger partial charge in [-0.25, -0.2) is 4.98 Å². The zero-order valence-electron chi connectivity index (χ0n) is 25.3. The molecule has 4 aromatic heterocycles. The van der Waals surface area contributed by atoms with Crippen LogP contribution in [0.4, 0.5) is 0 Å². The number of nitrogens with zero attached hydrogens (tertiary/aromatic N) is 4. The van der Waals surface area contributed by atoms with Crippen LogP contribution in [0.25, 0.3) is 93.4 Å². The molecule has 11 rings (SSSR count). The van der Waals surface area contributed by atoms with E-state index in [0.717, 1.165) is 16.9 Å². The predicted octanol–water partition coefficient (Wildman–Crippen LogP) is 11.0. The lowest BCUT2D eigenvalue weighted by Crippen LogP contribution is -1.98. The van der Waals surface area contributed by atoms with Crippen LogP contribution >= 0.6 is 0 Å². The van der Waals surface area contributed by atoms with Crippen LogP contribution < -0.4 is 0 Å². The molecule has 0 unspecified atom stereocenters. The van der Waals surface area contributed by atoms with Gasteiger partial charge in [0.1, 0.15) is 5.82 Å². The fraction of sp³-hybridized carbons (Fsp3) is 0. The molecule has 0 fully saturated rings. The summed E-state index contributed by atoms with van der Waals surface area (Å²) < 4.78 is 7.21. The predicted molar refractivity (Wildman–Crippen MR) is 196 cm³/mol. The molecule has 4 heteroatoms. The maximum absolute atomic E-state index is 4.84. The molecule has 0 amide bonds. The highest BCUT2D eigenvalue weighted by atomic mass is 15.1. The van der Waals surface area contributed by atoms with Crippen LogP contribution in [0.1, 0.15) is 0 Å². The third-order valence-corrected chi connectivity index (χ3v) is 10.1. The highest BCUT2D eigenvalue weighted by Gasteiger charge is 2.23. The zero-order valence-corrected chi connectivity index (χ0v) is 25.3. The van der Waals surface area contributed by atoms with Crippen LogP contribution in [-0.4, -0.2) is 18.7 Å². The maximum atomic E-state index is 4.84. The number of para-hydroxylation sites is 4. The molecule has 7 aromatic carbocycles. The Bertz CT molecular complexity index is 2720. The van der Waals surface area contributed by atoms with Crippen molar-refractivity contribution in [2.45, 2.75) is 0 Å². The summed E-state index contributed by atoms with van der Waals surface area (Å²) in [5.41, 5.74) is 9.52. The summed E-state index contributed by atoms with van der Waals surface area (Å²) in [6, 6.07) is 55.0. The summed E-state index contributed by atoms with van der Waals surface area (Å²) in [4.78, 5) is 4.84. The van der Waals surface area contributed by atoms with Gasteiger partial charge in [0.2, 0.25) is 0 Å². The van der Waals surface area contributed by atoms with E-state index in [9.17, 15) is 0 Å². The molecule has 4 nitrogen and oxygen atoms in total. The molecular formula is C43H26N4. The van der Waals surface area contributed by atoms with Crippen LogP contribution in [0, 0.1) is 0 Å². The molecule has 0 aliphatic heterocycles. The molecule has 0 aliphatic rings. The van der Waals surface area contributed by atoms with Crippen LogP contribution in [-0.2, 0) is 0 Å². The van der Waals surface area contributed by atoms with Crippen LogP contribution in [0.5, 0.6) is 0 Å². The second-order valence-corrected chi connectivity index (χ2v) is 12.4. The molecule has 11 aromatic rings. The van der Waals surface area contributed by atoms with E-state index < -0.39 is 0 Å². The van der Waals surface area contributed by atoms with Gasteiger partial charge in [0.05, 0.1) is 44.5 Å². The molecule has 0 saturated carbocycles. The van der Waals surface area contributed by atoms with E-state index in [1.54, 1.807) is 0 Å². The lowest BCUT2D eigenvalue weighted by atomic mass is 9.99. The van der Waals surface area contributed by atoms with Crippen molar-refractivity contribution in [3.05, 3.63) is 158 Å². The van der Waals surface area contributed by atoms with Crippen molar-refractivity contribution < 1.29 is 0 Å². The van der Waals surface area contributed by atoms with Crippen LogP contribution in [0.2, 0.25) is 0 Å². The first-order valence-corrected chi connectivity index (χ1v) is 16.1. The first kappa shape index (κ1) is 24.9. The first-order chi connectivity index (χ1) is 23.4. The largest absolute Gasteiger partial charge is 0.309 e. The maximum Gasteiger partial charge on any atom is 0.137 e. The summed E-state index contributed by atoms with van der Waals surface area (Å²) >= 11 is 0. The average molecular weight is 599 g/mol. The Hall–Kier alpha value is -6.39. The fourth-order valence-electron chi connectivity index (χ4n) is 8.21. The minimum Gasteiger partial charge on any atom is -0.309 e. The van der Waals surface area contributed by atoms with Crippen molar-refractivity contribution in [1.82, 2.24) is 18.7 Å². The van der Waals surface area contributed by atoms with Crippen molar-refractivity contribution >= 4 is 76.2 Å². The Balaban J connectivity index is 1.31. The second kappa shape index (κ2) is 9.09. The monoisotopic (exact) mass is 598 g/mol. The highest BCUT2D eigenvalue weighted by Crippen LogP contribution is 2.45. The number of hydrogen-bond donors (Lipinski definition) is 0. The average Bonchev–Trinajstić information content (AvgIpc) is 3.78. The summed E-state index contributed by atoms with van der Waals surface area (Å²) in [5, 5.41) is 10.0. The smallest absolute Gasteiger partial charge is 0.137 e. The van der Waals surface area contributed by atoms with E-state index in [1.165, 1.54) is 76.5 Å². The van der Waals surface area contributed by atoms with E-state index in [0.29, 0.717) is 0 Å². The van der Waals surface area contributed by atoms with Crippen molar-refractivity contribution in [1.29, 1.82) is 0 Å². The number of aromatic nitrogens is 4. The van der Waals surface area contributed by atoms with Crippen LogP contribution in [0.15, 0.2) is 158 Å². The molecule has 0 N–H and O–H groups in total. The van der Waals surface area contributed by atoms with E-state index in [2.05, 4.69) is 159 Å². The van der Waals surface area contributed by atoms with Crippen LogP contribution in [0.3, 0.4) is 0 Å². The summed E-state index contributed by atoms with van der Waals surface area (Å²) in [5.74, 6) is 0.917. The molecule has 0 saturated heterocycles. The minimum absolute atomic E-state index is 0.917. The van der Waals surface area contributed by atoms with Gasteiger partial charge in [-0.1, -0.05) is 91.0 Å². The Morgan fingerprint density at radius 3 is 1.11 bits per heavy atom. The second-order valence-electron chi connectivity index (χ2n) is 12.4. The molecule has 0 aliphatic carbocycles. The zero-order chi connectivity index (χ0) is 30.6. The summed E-state index contributed by atoms with van der Waals surface area (Å²) in [6.07, 6.45) is 1.88. The quantitative estimate of drug-likeness (QED) is 0.186. The highest BCUT2D eigenvalue weighted by molar-refractivity contribution is 6.28. The Labute approximate surface area is 269 Å². The van der Waals surface area contributed by atoms with E-state index in [4.69, 9.17) is 4.98 Å². The van der Waals surface area contributed by atoms with Crippen molar-refractivity contribution in [3.63, 3.8) is 0 Å². The first-order valence-electron chi connectivity index (χ1n) is 16.1.